The van der Waals surface area contributed by atoms with Crippen LogP contribution in [0.4, 0.5) is 0 Å². The van der Waals surface area contributed by atoms with Crippen LogP contribution in [0.1, 0.15) is 27.9 Å². The molecule has 4 heteroatoms. The third-order valence-corrected chi connectivity index (χ3v) is 2.99. The number of nitrogens with zero attached hydrogens (tertiary/aromatic N) is 1. The van der Waals surface area contributed by atoms with Gasteiger partial charge < -0.3 is 10.5 Å². The van der Waals surface area contributed by atoms with Gasteiger partial charge >= 0.3 is 0 Å². The zero-order valence-corrected chi connectivity index (χ0v) is 12.2. The Morgan fingerprint density at radius 2 is 1.65 bits per heavy atom. The van der Waals surface area contributed by atoms with Gasteiger partial charge in [-0.05, 0) is 62.6 Å². The number of hydrogen-bond donors (Lipinski definition) is 2. The van der Waals surface area contributed by atoms with E-state index < -0.39 is 0 Å². The van der Waals surface area contributed by atoms with Crippen LogP contribution in [0.15, 0.2) is 24.3 Å². The van der Waals surface area contributed by atoms with Crippen molar-refractivity contribution in [3.8, 4) is 11.6 Å². The van der Waals surface area contributed by atoms with Crippen molar-refractivity contribution >= 4 is 5.84 Å². The van der Waals surface area contributed by atoms with Crippen molar-refractivity contribution in [3.63, 3.8) is 0 Å². The normalized spacial score (nSPS) is 10.4. The summed E-state index contributed by atoms with van der Waals surface area (Å²) in [5, 5.41) is 7.70. The monoisotopic (exact) mass is 269 g/mol. The lowest BCUT2D eigenvalue weighted by Gasteiger charge is -2.13. The summed E-state index contributed by atoms with van der Waals surface area (Å²) in [5.74, 6) is 1.07. The van der Waals surface area contributed by atoms with E-state index in [-0.39, 0.29) is 5.84 Å². The summed E-state index contributed by atoms with van der Waals surface area (Å²) in [5.41, 5.74) is 10.2. The van der Waals surface area contributed by atoms with E-state index in [4.69, 9.17) is 15.9 Å². The summed E-state index contributed by atoms with van der Waals surface area (Å²) in [7, 11) is 0. The Kier molecular flexibility index (Phi) is 3.74. The molecule has 0 aliphatic rings. The zero-order chi connectivity index (χ0) is 14.9. The molecule has 1 heterocycles. The maximum atomic E-state index is 7.70. The maximum absolute atomic E-state index is 7.70. The molecule has 0 saturated heterocycles. The molecule has 0 aliphatic carbocycles. The lowest BCUT2D eigenvalue weighted by Crippen LogP contribution is -2.15. The van der Waals surface area contributed by atoms with Crippen molar-refractivity contribution in [1.29, 1.82) is 5.41 Å². The fourth-order valence-corrected chi connectivity index (χ4v) is 2.31. The molecule has 0 saturated carbocycles. The SMILES string of the molecule is Cc1cc(C)cc(Oc2nc(C)cc(C)c2C(=N)N)c1. The molecule has 104 valence electrons. The highest BCUT2D eigenvalue weighted by Crippen LogP contribution is 2.27. The molecule has 0 spiro atoms. The quantitative estimate of drug-likeness (QED) is 0.662. The third-order valence-electron chi connectivity index (χ3n) is 2.99. The van der Waals surface area contributed by atoms with Crippen LogP contribution in [-0.4, -0.2) is 10.8 Å². The van der Waals surface area contributed by atoms with E-state index in [1.165, 1.54) is 0 Å². The minimum absolute atomic E-state index is 0.0330. The van der Waals surface area contributed by atoms with Gasteiger partial charge in [-0.3, -0.25) is 5.41 Å². The van der Waals surface area contributed by atoms with Crippen LogP contribution in [0.25, 0.3) is 0 Å². The lowest BCUT2D eigenvalue weighted by atomic mass is 10.1. The zero-order valence-electron chi connectivity index (χ0n) is 12.2. The van der Waals surface area contributed by atoms with Crippen LogP contribution in [0.5, 0.6) is 11.6 Å². The van der Waals surface area contributed by atoms with Gasteiger partial charge in [-0.2, -0.15) is 0 Å². The first kappa shape index (κ1) is 14.1. The van der Waals surface area contributed by atoms with E-state index >= 15 is 0 Å². The topological polar surface area (TPSA) is 72.0 Å². The Morgan fingerprint density at radius 3 is 2.20 bits per heavy atom. The summed E-state index contributed by atoms with van der Waals surface area (Å²) in [6.45, 7) is 7.83. The van der Waals surface area contributed by atoms with Gasteiger partial charge in [-0.15, -0.1) is 0 Å². The van der Waals surface area contributed by atoms with E-state index in [1.54, 1.807) is 0 Å². The summed E-state index contributed by atoms with van der Waals surface area (Å²) in [4.78, 5) is 4.37. The molecule has 2 rings (SSSR count). The first-order valence-electron chi connectivity index (χ1n) is 6.45. The summed E-state index contributed by atoms with van der Waals surface area (Å²) in [6.07, 6.45) is 0. The Labute approximate surface area is 119 Å². The van der Waals surface area contributed by atoms with Crippen LogP contribution >= 0.6 is 0 Å². The number of pyridine rings is 1. The Balaban J connectivity index is 2.49. The number of ether oxygens (including phenoxy) is 1. The van der Waals surface area contributed by atoms with Crippen LogP contribution in [0.3, 0.4) is 0 Å². The highest BCUT2D eigenvalue weighted by Gasteiger charge is 2.14. The molecule has 3 N–H and O–H groups in total. The highest BCUT2D eigenvalue weighted by molar-refractivity contribution is 5.98. The fourth-order valence-electron chi connectivity index (χ4n) is 2.31. The second-order valence-electron chi connectivity index (χ2n) is 5.10. The van der Waals surface area contributed by atoms with Gasteiger partial charge in [0.05, 0.1) is 5.56 Å². The third kappa shape index (κ3) is 2.96. The molecule has 0 fully saturated rings. The number of nitrogens with one attached hydrogen (secondary N) is 1. The fraction of sp³-hybridized carbons (Fsp3) is 0.250. The van der Waals surface area contributed by atoms with Gasteiger partial charge in [-0.25, -0.2) is 4.98 Å². The standard InChI is InChI=1S/C16H19N3O/c1-9-5-10(2)7-13(6-9)20-16-14(15(17)18)11(3)8-12(4)19-16/h5-8H,1-4H3,(H3,17,18). The second kappa shape index (κ2) is 5.33. The molecule has 0 radical (unpaired) electrons. The number of aromatic nitrogens is 1. The molecular formula is C16H19N3O. The second-order valence-corrected chi connectivity index (χ2v) is 5.10. The number of amidine groups is 1. The molecule has 2 aromatic rings. The summed E-state index contributed by atoms with van der Waals surface area (Å²) >= 11 is 0. The smallest absolute Gasteiger partial charge is 0.230 e. The van der Waals surface area contributed by atoms with E-state index in [1.807, 2.05) is 45.9 Å². The maximum Gasteiger partial charge on any atom is 0.230 e. The molecular weight excluding hydrogens is 250 g/mol. The average Bonchev–Trinajstić information content (AvgIpc) is 2.25. The molecule has 1 aromatic carbocycles. The van der Waals surface area contributed by atoms with Crippen molar-refractivity contribution < 1.29 is 4.74 Å². The Morgan fingerprint density at radius 1 is 1.05 bits per heavy atom. The van der Waals surface area contributed by atoms with Crippen molar-refractivity contribution in [2.24, 2.45) is 5.73 Å². The van der Waals surface area contributed by atoms with Gasteiger partial charge in [-0.1, -0.05) is 6.07 Å². The molecule has 0 aliphatic heterocycles. The minimum Gasteiger partial charge on any atom is -0.438 e. The molecule has 4 nitrogen and oxygen atoms in total. The summed E-state index contributed by atoms with van der Waals surface area (Å²) in [6, 6.07) is 7.85. The van der Waals surface area contributed by atoms with Crippen molar-refractivity contribution in [3.05, 3.63) is 52.2 Å². The minimum atomic E-state index is -0.0330. The Bertz CT molecular complexity index is 657. The van der Waals surface area contributed by atoms with Crippen molar-refractivity contribution in [1.82, 2.24) is 4.98 Å². The van der Waals surface area contributed by atoms with E-state index in [0.717, 1.165) is 22.4 Å². The van der Waals surface area contributed by atoms with E-state index in [2.05, 4.69) is 11.1 Å². The largest absolute Gasteiger partial charge is 0.438 e. The number of nitrogen functional groups attached to an aromatic ring is 1. The molecule has 20 heavy (non-hydrogen) atoms. The molecule has 0 bridgehead atoms. The number of aryl methyl sites for hydroxylation is 4. The summed E-state index contributed by atoms with van der Waals surface area (Å²) < 4.78 is 5.86. The number of hydrogen-bond acceptors (Lipinski definition) is 3. The van der Waals surface area contributed by atoms with E-state index in [9.17, 15) is 0 Å². The van der Waals surface area contributed by atoms with Crippen LogP contribution in [0, 0.1) is 33.1 Å². The Hall–Kier alpha value is -2.36. The molecule has 0 unspecified atom stereocenters. The predicted molar refractivity (Wildman–Crippen MR) is 80.7 cm³/mol. The van der Waals surface area contributed by atoms with Crippen molar-refractivity contribution in [2.75, 3.05) is 0 Å². The highest BCUT2D eigenvalue weighted by atomic mass is 16.5. The van der Waals surface area contributed by atoms with Gasteiger partial charge in [0.25, 0.3) is 0 Å². The number of rotatable bonds is 3. The van der Waals surface area contributed by atoms with Gasteiger partial charge in [0.2, 0.25) is 5.88 Å². The van der Waals surface area contributed by atoms with Crippen LogP contribution in [-0.2, 0) is 0 Å². The van der Waals surface area contributed by atoms with Gasteiger partial charge in [0, 0.05) is 5.69 Å². The molecule has 1 aromatic heterocycles. The van der Waals surface area contributed by atoms with Crippen molar-refractivity contribution in [2.45, 2.75) is 27.7 Å². The van der Waals surface area contributed by atoms with Gasteiger partial charge in [0.1, 0.15) is 11.6 Å². The first-order chi connectivity index (χ1) is 9.36. The molecule has 0 amide bonds. The average molecular weight is 269 g/mol. The van der Waals surface area contributed by atoms with E-state index in [0.29, 0.717) is 17.2 Å². The molecule has 0 atom stereocenters. The number of benzene rings is 1. The number of nitrogens with two attached hydrogens (primary N) is 1. The first-order valence-corrected chi connectivity index (χ1v) is 6.45. The van der Waals surface area contributed by atoms with Crippen LogP contribution < -0.4 is 10.5 Å². The lowest BCUT2D eigenvalue weighted by molar-refractivity contribution is 0.459. The predicted octanol–water partition coefficient (Wildman–Crippen LogP) is 3.39. The van der Waals surface area contributed by atoms with Crippen LogP contribution in [0.2, 0.25) is 0 Å². The van der Waals surface area contributed by atoms with Gasteiger partial charge in [0.15, 0.2) is 0 Å².